The Balaban J connectivity index is 1.40. The van der Waals surface area contributed by atoms with Gasteiger partial charge < -0.3 is 24.4 Å². The summed E-state index contributed by atoms with van der Waals surface area (Å²) in [6.07, 6.45) is 7.15. The molecule has 2 amide bonds. The minimum Gasteiger partial charge on any atom is -0.495 e. The molecule has 7 nitrogen and oxygen atoms in total. The molecule has 7 heteroatoms. The number of ether oxygens (including phenoxy) is 3. The molecule has 0 aromatic heterocycles. The van der Waals surface area contributed by atoms with Gasteiger partial charge in [-0.05, 0) is 61.9 Å². The molecule has 2 aliphatic rings. The van der Waals surface area contributed by atoms with Gasteiger partial charge in [0.25, 0.3) is 11.8 Å². The first-order chi connectivity index (χ1) is 16.1. The Labute approximate surface area is 195 Å². The van der Waals surface area contributed by atoms with Gasteiger partial charge in [-0.2, -0.15) is 0 Å². The zero-order valence-electron chi connectivity index (χ0n) is 19.3. The number of likely N-dealkylation sites (tertiary alicyclic amines) is 1. The first-order valence-corrected chi connectivity index (χ1v) is 11.7. The Morgan fingerprint density at radius 1 is 0.939 bits per heavy atom. The van der Waals surface area contributed by atoms with E-state index in [1.54, 1.807) is 37.4 Å². The Morgan fingerprint density at radius 2 is 1.70 bits per heavy atom. The molecule has 0 spiro atoms. The molecule has 1 N–H and O–H groups in total. The van der Waals surface area contributed by atoms with E-state index in [-0.39, 0.29) is 18.4 Å². The van der Waals surface area contributed by atoms with Crippen molar-refractivity contribution in [3.8, 4) is 17.2 Å². The molecule has 4 rings (SSSR count). The number of hydrogen-bond acceptors (Lipinski definition) is 5. The minimum atomic E-state index is -0.321. The van der Waals surface area contributed by atoms with Crippen LogP contribution in [0.1, 0.15) is 48.9 Å². The highest BCUT2D eigenvalue weighted by atomic mass is 16.5. The maximum Gasteiger partial charge on any atom is 0.262 e. The molecule has 1 saturated carbocycles. The van der Waals surface area contributed by atoms with Crippen molar-refractivity contribution in [3.05, 3.63) is 48.0 Å². The summed E-state index contributed by atoms with van der Waals surface area (Å²) in [4.78, 5) is 27.7. The van der Waals surface area contributed by atoms with Crippen molar-refractivity contribution in [2.24, 2.45) is 5.92 Å². The van der Waals surface area contributed by atoms with Gasteiger partial charge in [0.1, 0.15) is 5.75 Å². The topological polar surface area (TPSA) is 77.1 Å². The molecule has 176 valence electrons. The van der Waals surface area contributed by atoms with Crippen LogP contribution in [0.2, 0.25) is 0 Å². The van der Waals surface area contributed by atoms with Crippen molar-refractivity contribution < 1.29 is 23.8 Å². The quantitative estimate of drug-likeness (QED) is 0.637. The molecule has 33 heavy (non-hydrogen) atoms. The van der Waals surface area contributed by atoms with Crippen LogP contribution in [0.25, 0.3) is 0 Å². The fourth-order valence-corrected chi connectivity index (χ4v) is 5.04. The zero-order valence-corrected chi connectivity index (χ0v) is 19.3. The number of rotatable bonds is 8. The molecule has 2 aromatic rings. The number of para-hydroxylation sites is 2. The van der Waals surface area contributed by atoms with Crippen LogP contribution in [-0.2, 0) is 4.79 Å². The number of carbonyl (C=O) groups excluding carboxylic acids is 2. The fourth-order valence-electron chi connectivity index (χ4n) is 5.04. The van der Waals surface area contributed by atoms with Crippen LogP contribution in [0.4, 0.5) is 5.69 Å². The van der Waals surface area contributed by atoms with Crippen LogP contribution in [0, 0.1) is 5.92 Å². The summed E-state index contributed by atoms with van der Waals surface area (Å²) in [6, 6.07) is 12.7. The highest BCUT2D eigenvalue weighted by Gasteiger charge is 2.36. The van der Waals surface area contributed by atoms with Crippen LogP contribution in [0.3, 0.4) is 0 Å². The van der Waals surface area contributed by atoms with Gasteiger partial charge in [0.15, 0.2) is 18.1 Å². The van der Waals surface area contributed by atoms with Crippen LogP contribution in [0.5, 0.6) is 17.2 Å². The summed E-state index contributed by atoms with van der Waals surface area (Å²) in [7, 11) is 3.08. The van der Waals surface area contributed by atoms with Gasteiger partial charge in [-0.25, -0.2) is 0 Å². The van der Waals surface area contributed by atoms with Gasteiger partial charge in [0.2, 0.25) is 0 Å². The highest BCUT2D eigenvalue weighted by molar-refractivity contribution is 5.95. The molecule has 1 unspecified atom stereocenters. The van der Waals surface area contributed by atoms with Crippen molar-refractivity contribution in [1.29, 1.82) is 0 Å². The van der Waals surface area contributed by atoms with E-state index in [1.807, 2.05) is 17.0 Å². The van der Waals surface area contributed by atoms with Gasteiger partial charge in [0.05, 0.1) is 19.9 Å². The molecular weight excluding hydrogens is 420 g/mol. The van der Waals surface area contributed by atoms with Crippen molar-refractivity contribution in [2.75, 3.05) is 32.7 Å². The molecule has 2 fully saturated rings. The molecular formula is C26H32N2O5. The lowest BCUT2D eigenvalue weighted by Crippen LogP contribution is -2.39. The number of nitrogens with one attached hydrogen (secondary N) is 1. The predicted molar refractivity (Wildman–Crippen MR) is 126 cm³/mol. The molecule has 1 atom stereocenters. The van der Waals surface area contributed by atoms with E-state index < -0.39 is 0 Å². The summed E-state index contributed by atoms with van der Waals surface area (Å²) in [5.41, 5.74) is 1.16. The Hall–Kier alpha value is -3.22. The van der Waals surface area contributed by atoms with Crippen LogP contribution in [0.15, 0.2) is 42.5 Å². The number of carbonyl (C=O) groups is 2. The van der Waals surface area contributed by atoms with Gasteiger partial charge in [-0.1, -0.05) is 25.0 Å². The molecule has 1 aliphatic heterocycles. The van der Waals surface area contributed by atoms with Crippen LogP contribution in [-0.4, -0.2) is 50.1 Å². The number of benzene rings is 2. The number of amides is 2. The van der Waals surface area contributed by atoms with Crippen molar-refractivity contribution in [1.82, 2.24) is 4.90 Å². The second kappa shape index (κ2) is 10.6. The Kier molecular flexibility index (Phi) is 7.37. The Morgan fingerprint density at radius 3 is 2.45 bits per heavy atom. The number of hydrogen-bond donors (Lipinski definition) is 1. The van der Waals surface area contributed by atoms with Crippen molar-refractivity contribution >= 4 is 17.5 Å². The van der Waals surface area contributed by atoms with Gasteiger partial charge in [-0.15, -0.1) is 0 Å². The third-order valence-corrected chi connectivity index (χ3v) is 6.65. The zero-order chi connectivity index (χ0) is 23.2. The average molecular weight is 453 g/mol. The second-order valence-electron chi connectivity index (χ2n) is 8.66. The summed E-state index contributed by atoms with van der Waals surface area (Å²) >= 11 is 0. The summed E-state index contributed by atoms with van der Waals surface area (Å²) < 4.78 is 16.4. The lowest BCUT2D eigenvalue weighted by molar-refractivity contribution is -0.118. The molecule has 1 aliphatic carbocycles. The van der Waals surface area contributed by atoms with E-state index in [1.165, 1.54) is 32.8 Å². The Bertz CT molecular complexity index is 986. The standard InChI is InChI=1S/C26H32N2O5/c1-31-22-12-6-5-10-20(22)27-25(29)17-33-23-14-13-19(16-24(23)32-2)26(30)28-15-7-11-21(28)18-8-3-4-9-18/h5-6,10,12-14,16,18,21H,3-4,7-9,11,15,17H2,1-2H3,(H,27,29). The molecule has 0 radical (unpaired) electrons. The van der Waals surface area contributed by atoms with Crippen molar-refractivity contribution in [2.45, 2.75) is 44.6 Å². The normalized spacial score (nSPS) is 18.2. The maximum absolute atomic E-state index is 13.3. The molecule has 1 saturated heterocycles. The SMILES string of the molecule is COc1ccccc1NC(=O)COc1ccc(C(=O)N2CCCC2C2CCCC2)cc1OC. The highest BCUT2D eigenvalue weighted by Crippen LogP contribution is 2.37. The molecule has 0 bridgehead atoms. The number of nitrogens with zero attached hydrogens (tertiary/aromatic N) is 1. The van der Waals surface area contributed by atoms with E-state index in [4.69, 9.17) is 14.2 Å². The number of methoxy groups -OCH3 is 2. The number of anilines is 1. The van der Waals surface area contributed by atoms with E-state index in [0.29, 0.717) is 40.5 Å². The van der Waals surface area contributed by atoms with E-state index in [2.05, 4.69) is 5.32 Å². The maximum atomic E-state index is 13.3. The first kappa shape index (κ1) is 23.0. The van der Waals surface area contributed by atoms with Crippen LogP contribution < -0.4 is 19.5 Å². The summed E-state index contributed by atoms with van der Waals surface area (Å²) in [5, 5.41) is 2.78. The minimum absolute atomic E-state index is 0.0446. The third-order valence-electron chi connectivity index (χ3n) is 6.65. The third kappa shape index (κ3) is 5.24. The molecule has 2 aromatic carbocycles. The van der Waals surface area contributed by atoms with Crippen molar-refractivity contribution in [3.63, 3.8) is 0 Å². The van der Waals surface area contributed by atoms with Gasteiger partial charge in [-0.3, -0.25) is 9.59 Å². The van der Waals surface area contributed by atoms with Crippen LogP contribution >= 0.6 is 0 Å². The second-order valence-corrected chi connectivity index (χ2v) is 8.66. The van der Waals surface area contributed by atoms with E-state index in [0.717, 1.165) is 19.4 Å². The smallest absolute Gasteiger partial charge is 0.262 e. The summed E-state index contributed by atoms with van der Waals surface area (Å²) in [6.45, 7) is 0.612. The largest absolute Gasteiger partial charge is 0.495 e. The lowest BCUT2D eigenvalue weighted by Gasteiger charge is -2.29. The lowest BCUT2D eigenvalue weighted by atomic mass is 9.95. The molecule has 1 heterocycles. The monoisotopic (exact) mass is 452 g/mol. The van der Waals surface area contributed by atoms with E-state index >= 15 is 0 Å². The van der Waals surface area contributed by atoms with E-state index in [9.17, 15) is 9.59 Å². The first-order valence-electron chi connectivity index (χ1n) is 11.7. The fraction of sp³-hybridized carbons (Fsp3) is 0.462. The van der Waals surface area contributed by atoms with Gasteiger partial charge in [0, 0.05) is 18.2 Å². The average Bonchev–Trinajstić information content (AvgIpc) is 3.54. The summed E-state index contributed by atoms with van der Waals surface area (Å²) in [5.74, 6) is 1.77. The van der Waals surface area contributed by atoms with Gasteiger partial charge >= 0.3 is 0 Å². The predicted octanol–water partition coefficient (Wildman–Crippen LogP) is 4.52.